The van der Waals surface area contributed by atoms with E-state index in [4.69, 9.17) is 4.74 Å². The molecule has 0 aliphatic heterocycles. The van der Waals surface area contributed by atoms with E-state index >= 15 is 0 Å². The van der Waals surface area contributed by atoms with Crippen LogP contribution in [0.1, 0.15) is 44.6 Å². The van der Waals surface area contributed by atoms with Crippen LogP contribution < -0.4 is 10.6 Å². The van der Waals surface area contributed by atoms with Crippen LogP contribution in [0, 0.1) is 0 Å². The Morgan fingerprint density at radius 2 is 2.04 bits per heavy atom. The van der Waals surface area contributed by atoms with Gasteiger partial charge in [-0.3, -0.25) is 9.20 Å². The third-order valence-corrected chi connectivity index (χ3v) is 6.72. The smallest absolute Gasteiger partial charge is 0.191 e. The number of aliphatic imine (C=N–C) groups is 1. The second-order valence-electron chi connectivity index (χ2n) is 7.00. The van der Waals surface area contributed by atoms with Crippen LogP contribution in [0.2, 0.25) is 0 Å². The molecule has 0 saturated heterocycles. The average molecular weight is 522 g/mol. The van der Waals surface area contributed by atoms with Gasteiger partial charge in [-0.2, -0.15) is 0 Å². The van der Waals surface area contributed by atoms with Gasteiger partial charge < -0.3 is 15.4 Å². The highest BCUT2D eigenvalue weighted by molar-refractivity contribution is 14.0. The maximum absolute atomic E-state index is 12.1. The molecule has 1 fully saturated rings. The van der Waals surface area contributed by atoms with Crippen LogP contribution in [0.15, 0.2) is 35.3 Å². The quantitative estimate of drug-likeness (QED) is 0.214. The molecule has 1 aromatic rings. The summed E-state index contributed by atoms with van der Waals surface area (Å²) in [5, 5.41) is 7.20. The largest absolute Gasteiger partial charge is 0.381 e. The van der Waals surface area contributed by atoms with Gasteiger partial charge in [-0.1, -0.05) is 43.7 Å². The SMILES string of the molecule is CCS(=O)C1CCCC(NC(=NC)NCCCOCCc2ccccc2)C1.I. The monoisotopic (exact) mass is 521 g/mol. The zero-order valence-corrected chi connectivity index (χ0v) is 20.3. The molecule has 5 nitrogen and oxygen atoms in total. The first-order chi connectivity index (χ1) is 13.2. The second-order valence-corrected chi connectivity index (χ2v) is 9.01. The molecule has 1 aliphatic rings. The Bertz CT molecular complexity index is 586. The zero-order chi connectivity index (χ0) is 19.3. The van der Waals surface area contributed by atoms with E-state index in [0.717, 1.165) is 70.0 Å². The molecule has 160 valence electrons. The van der Waals surface area contributed by atoms with Crippen molar-refractivity contribution in [3.8, 4) is 0 Å². The summed E-state index contributed by atoms with van der Waals surface area (Å²) < 4.78 is 17.8. The van der Waals surface area contributed by atoms with Crippen LogP contribution in [-0.4, -0.2) is 54.0 Å². The van der Waals surface area contributed by atoms with Gasteiger partial charge in [-0.25, -0.2) is 0 Å². The van der Waals surface area contributed by atoms with Crippen LogP contribution in [0.3, 0.4) is 0 Å². The first-order valence-corrected chi connectivity index (χ1v) is 11.6. The lowest BCUT2D eigenvalue weighted by Crippen LogP contribution is -2.46. The Morgan fingerprint density at radius 3 is 2.75 bits per heavy atom. The lowest BCUT2D eigenvalue weighted by Gasteiger charge is -2.30. The molecular weight excluding hydrogens is 485 g/mol. The van der Waals surface area contributed by atoms with Crippen LogP contribution in [0.25, 0.3) is 0 Å². The Hall–Kier alpha value is -0.670. The highest BCUT2D eigenvalue weighted by atomic mass is 127. The summed E-state index contributed by atoms with van der Waals surface area (Å²) in [6.07, 6.45) is 6.23. The molecule has 28 heavy (non-hydrogen) atoms. The first-order valence-electron chi connectivity index (χ1n) is 10.2. The Kier molecular flexibility index (Phi) is 13.8. The molecule has 1 aliphatic carbocycles. The van der Waals surface area contributed by atoms with Crippen LogP contribution in [0.4, 0.5) is 0 Å². The van der Waals surface area contributed by atoms with Gasteiger partial charge in [0, 0.05) is 48.0 Å². The van der Waals surface area contributed by atoms with Crippen LogP contribution >= 0.6 is 24.0 Å². The minimum atomic E-state index is -0.692. The summed E-state index contributed by atoms with van der Waals surface area (Å²) in [6, 6.07) is 10.8. The van der Waals surface area contributed by atoms with E-state index in [1.807, 2.05) is 13.0 Å². The predicted octanol–water partition coefficient (Wildman–Crippen LogP) is 3.50. The number of nitrogens with one attached hydrogen (secondary N) is 2. The van der Waals surface area contributed by atoms with E-state index in [9.17, 15) is 4.21 Å². The normalized spacial score (nSPS) is 20.9. The molecule has 1 saturated carbocycles. The third kappa shape index (κ3) is 9.69. The van der Waals surface area contributed by atoms with Gasteiger partial charge in [-0.05, 0) is 37.7 Å². The summed E-state index contributed by atoms with van der Waals surface area (Å²) in [5.41, 5.74) is 1.31. The molecule has 3 atom stereocenters. The second kappa shape index (κ2) is 15.2. The van der Waals surface area contributed by atoms with Crippen molar-refractivity contribution in [2.75, 3.05) is 32.6 Å². The van der Waals surface area contributed by atoms with Gasteiger partial charge in [0.05, 0.1) is 6.61 Å². The highest BCUT2D eigenvalue weighted by Gasteiger charge is 2.25. The van der Waals surface area contributed by atoms with Crippen molar-refractivity contribution < 1.29 is 8.95 Å². The maximum atomic E-state index is 12.1. The Labute approximate surface area is 190 Å². The summed E-state index contributed by atoms with van der Waals surface area (Å²) in [6.45, 7) is 4.35. The molecule has 0 heterocycles. The number of rotatable bonds is 10. The number of ether oxygens (including phenoxy) is 1. The lowest BCUT2D eigenvalue weighted by molar-refractivity contribution is 0.135. The molecule has 2 N–H and O–H groups in total. The molecule has 1 aromatic carbocycles. The molecule has 0 aromatic heterocycles. The minimum absolute atomic E-state index is 0. The van der Waals surface area contributed by atoms with Gasteiger partial charge in [-0.15, -0.1) is 24.0 Å². The standard InChI is InChI=1S/C21H35N3O2S.HI/c1-3-27(25)20-12-7-11-19(17-20)24-21(22-2)23-14-8-15-26-16-13-18-9-5-4-6-10-18;/h4-6,9-10,19-20H,3,7-8,11-17H2,1-2H3,(H2,22,23,24);1H. The van der Waals surface area contributed by atoms with E-state index in [-0.39, 0.29) is 24.0 Å². The van der Waals surface area contributed by atoms with E-state index in [1.54, 1.807) is 7.05 Å². The lowest BCUT2D eigenvalue weighted by atomic mass is 9.95. The molecule has 0 spiro atoms. The molecule has 7 heteroatoms. The molecular formula is C21H36IN3O2S. The van der Waals surface area contributed by atoms with Crippen molar-refractivity contribution in [2.24, 2.45) is 4.99 Å². The van der Waals surface area contributed by atoms with E-state index in [0.29, 0.717) is 11.3 Å². The van der Waals surface area contributed by atoms with Crippen molar-refractivity contribution in [2.45, 2.75) is 56.7 Å². The molecule has 2 rings (SSSR count). The fraction of sp³-hybridized carbons (Fsp3) is 0.667. The van der Waals surface area contributed by atoms with Crippen molar-refractivity contribution in [3.63, 3.8) is 0 Å². The van der Waals surface area contributed by atoms with Crippen molar-refractivity contribution in [1.29, 1.82) is 0 Å². The minimum Gasteiger partial charge on any atom is -0.381 e. The number of hydrogen-bond acceptors (Lipinski definition) is 3. The van der Waals surface area contributed by atoms with E-state index in [1.165, 1.54) is 5.56 Å². The van der Waals surface area contributed by atoms with Crippen molar-refractivity contribution in [3.05, 3.63) is 35.9 Å². The third-order valence-electron chi connectivity index (χ3n) is 4.98. The number of halogens is 1. The number of benzene rings is 1. The van der Waals surface area contributed by atoms with Gasteiger partial charge in [0.2, 0.25) is 0 Å². The zero-order valence-electron chi connectivity index (χ0n) is 17.2. The Balaban J connectivity index is 0.00000392. The molecule has 0 radical (unpaired) electrons. The van der Waals surface area contributed by atoms with Gasteiger partial charge in [0.1, 0.15) is 0 Å². The predicted molar refractivity (Wildman–Crippen MR) is 130 cm³/mol. The summed E-state index contributed by atoms with van der Waals surface area (Å²) in [5.74, 6) is 1.60. The molecule has 0 amide bonds. The number of nitrogens with zero attached hydrogens (tertiary/aromatic N) is 1. The summed E-state index contributed by atoms with van der Waals surface area (Å²) in [4.78, 5) is 4.32. The molecule has 3 unspecified atom stereocenters. The number of guanidine groups is 1. The van der Waals surface area contributed by atoms with Crippen LogP contribution in [0.5, 0.6) is 0 Å². The van der Waals surface area contributed by atoms with E-state index in [2.05, 4.69) is 39.9 Å². The van der Waals surface area contributed by atoms with Crippen molar-refractivity contribution >= 4 is 40.7 Å². The van der Waals surface area contributed by atoms with Crippen molar-refractivity contribution in [1.82, 2.24) is 10.6 Å². The fourth-order valence-corrected chi connectivity index (χ4v) is 4.80. The first kappa shape index (κ1) is 25.4. The highest BCUT2D eigenvalue weighted by Crippen LogP contribution is 2.22. The Morgan fingerprint density at radius 1 is 1.25 bits per heavy atom. The topological polar surface area (TPSA) is 62.7 Å². The fourth-order valence-electron chi connectivity index (χ4n) is 3.46. The summed E-state index contributed by atoms with van der Waals surface area (Å²) >= 11 is 0. The number of hydrogen-bond donors (Lipinski definition) is 2. The van der Waals surface area contributed by atoms with Gasteiger partial charge in [0.15, 0.2) is 5.96 Å². The van der Waals surface area contributed by atoms with Gasteiger partial charge >= 0.3 is 0 Å². The van der Waals surface area contributed by atoms with Crippen LogP contribution in [-0.2, 0) is 22.0 Å². The maximum Gasteiger partial charge on any atom is 0.191 e. The molecule has 0 bridgehead atoms. The van der Waals surface area contributed by atoms with E-state index < -0.39 is 10.8 Å². The summed E-state index contributed by atoms with van der Waals surface area (Å²) in [7, 11) is 1.11. The van der Waals surface area contributed by atoms with Gasteiger partial charge in [0.25, 0.3) is 0 Å². The average Bonchev–Trinajstić information content (AvgIpc) is 2.72.